The maximum atomic E-state index is 11.4. The Morgan fingerprint density at radius 2 is 2.67 bits per heavy atom. The fraction of sp³-hybridized carbons (Fsp3) is 0.800. The zero-order valence-corrected chi connectivity index (χ0v) is 4.98. The van der Waals surface area contributed by atoms with Crippen molar-refractivity contribution < 1.29 is 9.28 Å². The predicted molar refractivity (Wildman–Crippen MR) is 30.3 cm³/mol. The molecule has 0 aromatic heterocycles. The lowest BCUT2D eigenvalue weighted by molar-refractivity contribution is -0.119. The smallest absolute Gasteiger partial charge is 0.220 e. The summed E-state index contributed by atoms with van der Waals surface area (Å²) in [4.78, 5) is 10.5. The molecule has 1 amide bonds. The van der Waals surface area contributed by atoms with Gasteiger partial charge in [0.05, 0.1) is 0 Å². The molecule has 1 heterocycles. The van der Waals surface area contributed by atoms with E-state index in [1.165, 1.54) is 5.54 Å². The van der Waals surface area contributed by atoms with Crippen molar-refractivity contribution in [2.75, 3.05) is 6.54 Å². The lowest BCUT2D eigenvalue weighted by Gasteiger charge is -2.04. The van der Waals surface area contributed by atoms with Crippen LogP contribution in [-0.4, -0.2) is 18.5 Å². The Morgan fingerprint density at radius 3 is 3.11 bits per heavy atom. The van der Waals surface area contributed by atoms with Crippen LogP contribution >= 0.6 is 0 Å². The monoisotopic (exact) mass is 132 g/mol. The van der Waals surface area contributed by atoms with Gasteiger partial charge in [0.2, 0.25) is 5.91 Å². The minimum absolute atomic E-state index is 0.00231. The average Bonchev–Trinajstić information content (AvgIpc) is 2.17. The third-order valence-corrected chi connectivity index (χ3v) is 1.41. The quantitative estimate of drug-likeness (QED) is 0.508. The Morgan fingerprint density at radius 1 is 1.89 bits per heavy atom. The third-order valence-electron chi connectivity index (χ3n) is 1.41. The summed E-state index contributed by atoms with van der Waals surface area (Å²) in [5.41, 5.74) is 1.52. The zero-order chi connectivity index (χ0) is 6.69. The first-order valence-corrected chi connectivity index (χ1v) is 2.96. The van der Waals surface area contributed by atoms with E-state index in [-0.39, 0.29) is 18.5 Å². The van der Waals surface area contributed by atoms with Gasteiger partial charge in [-0.1, -0.05) is 0 Å². The Hall–Kier alpha value is -0.640. The van der Waals surface area contributed by atoms with E-state index in [2.05, 4.69) is 5.32 Å². The molecule has 9 heavy (non-hydrogen) atoms. The molecule has 0 bridgehead atoms. The summed E-state index contributed by atoms with van der Waals surface area (Å²) in [5.74, 6) is 0.0234. The molecule has 1 aliphatic heterocycles. The van der Waals surface area contributed by atoms with Crippen molar-refractivity contribution in [1.82, 2.24) is 10.9 Å². The fourth-order valence-corrected chi connectivity index (χ4v) is 0.924. The van der Waals surface area contributed by atoms with Gasteiger partial charge in [0, 0.05) is 19.0 Å². The third kappa shape index (κ3) is 1.64. The molecule has 0 aliphatic carbocycles. The molecule has 0 aromatic carbocycles. The van der Waals surface area contributed by atoms with Gasteiger partial charge in [-0.05, 0) is 6.42 Å². The van der Waals surface area contributed by atoms with Crippen molar-refractivity contribution in [3.8, 4) is 0 Å². The number of halogens is 1. The van der Waals surface area contributed by atoms with E-state index in [0.717, 1.165) is 6.42 Å². The topological polar surface area (TPSA) is 41.1 Å². The summed E-state index contributed by atoms with van der Waals surface area (Å²) >= 11 is 0. The highest BCUT2D eigenvalue weighted by molar-refractivity contribution is 5.78. The van der Waals surface area contributed by atoms with Gasteiger partial charge in [-0.15, -0.1) is 4.48 Å². The summed E-state index contributed by atoms with van der Waals surface area (Å²) in [6, 6.07) is 0.00231. The van der Waals surface area contributed by atoms with E-state index in [1.807, 2.05) is 0 Å². The summed E-state index contributed by atoms with van der Waals surface area (Å²) in [5, 5.41) is 2.61. The van der Waals surface area contributed by atoms with Crippen molar-refractivity contribution in [3.05, 3.63) is 0 Å². The van der Waals surface area contributed by atoms with Crippen LogP contribution in [0.1, 0.15) is 12.8 Å². The molecule has 0 saturated carbocycles. The van der Waals surface area contributed by atoms with Crippen LogP contribution in [0.15, 0.2) is 0 Å². The largest absolute Gasteiger partial charge is 0.352 e. The summed E-state index contributed by atoms with van der Waals surface area (Å²) < 4.78 is 11.4. The van der Waals surface area contributed by atoms with E-state index >= 15 is 0 Å². The number of carbonyl (C=O) groups excluding carboxylic acids is 1. The van der Waals surface area contributed by atoms with Crippen LogP contribution < -0.4 is 10.9 Å². The fourth-order valence-electron chi connectivity index (χ4n) is 0.924. The van der Waals surface area contributed by atoms with Crippen LogP contribution in [0.3, 0.4) is 0 Å². The maximum Gasteiger partial charge on any atom is 0.220 e. The number of rotatable bonds is 2. The Balaban J connectivity index is 2.22. The Bertz CT molecular complexity index is 118. The molecule has 4 heteroatoms. The molecule has 3 nitrogen and oxygen atoms in total. The molecule has 52 valence electrons. The van der Waals surface area contributed by atoms with Gasteiger partial charge in [-0.2, -0.15) is 5.54 Å². The van der Waals surface area contributed by atoms with Crippen molar-refractivity contribution in [2.24, 2.45) is 0 Å². The molecule has 0 aromatic rings. The Labute approximate surface area is 52.6 Å². The summed E-state index contributed by atoms with van der Waals surface area (Å²) in [7, 11) is 0. The van der Waals surface area contributed by atoms with E-state index in [1.54, 1.807) is 0 Å². The molecule has 0 radical (unpaired) electrons. The van der Waals surface area contributed by atoms with E-state index < -0.39 is 0 Å². The zero-order valence-electron chi connectivity index (χ0n) is 4.98. The van der Waals surface area contributed by atoms with Gasteiger partial charge < -0.3 is 5.32 Å². The van der Waals surface area contributed by atoms with Crippen molar-refractivity contribution in [3.63, 3.8) is 0 Å². The van der Waals surface area contributed by atoms with E-state index in [9.17, 15) is 9.28 Å². The lowest BCUT2D eigenvalue weighted by atomic mass is 10.2. The second-order valence-corrected chi connectivity index (χ2v) is 2.14. The first-order valence-electron chi connectivity index (χ1n) is 2.96. The number of amides is 1. The summed E-state index contributed by atoms with van der Waals surface area (Å²) in [6.07, 6.45) is 1.28. The van der Waals surface area contributed by atoms with E-state index in [4.69, 9.17) is 0 Å². The van der Waals surface area contributed by atoms with Crippen LogP contribution in [0.2, 0.25) is 0 Å². The number of carbonyl (C=O) groups is 1. The standard InChI is InChI=1S/C5H9FN2O/c6-7-3-4-1-2-5(9)8-4/h4,7H,1-3H2,(H,8,9). The first kappa shape index (κ1) is 6.48. The molecule has 1 unspecified atom stereocenters. The van der Waals surface area contributed by atoms with Crippen molar-refractivity contribution in [1.29, 1.82) is 0 Å². The molecule has 1 fully saturated rings. The molecular weight excluding hydrogens is 123 g/mol. The van der Waals surface area contributed by atoms with Gasteiger partial charge >= 0.3 is 0 Å². The van der Waals surface area contributed by atoms with Crippen LogP contribution in [0.5, 0.6) is 0 Å². The van der Waals surface area contributed by atoms with Gasteiger partial charge in [-0.25, -0.2) is 0 Å². The van der Waals surface area contributed by atoms with Crippen LogP contribution in [0, 0.1) is 0 Å². The van der Waals surface area contributed by atoms with Crippen molar-refractivity contribution >= 4 is 5.91 Å². The average molecular weight is 132 g/mol. The van der Waals surface area contributed by atoms with Gasteiger partial charge in [0.1, 0.15) is 0 Å². The first-order chi connectivity index (χ1) is 4.33. The minimum atomic E-state index is 0.00231. The molecular formula is C5H9FN2O. The number of hydrogen-bond acceptors (Lipinski definition) is 2. The van der Waals surface area contributed by atoms with Gasteiger partial charge in [0.15, 0.2) is 0 Å². The van der Waals surface area contributed by atoms with Gasteiger partial charge in [-0.3, -0.25) is 4.79 Å². The number of hydrogen-bond donors (Lipinski definition) is 2. The SMILES string of the molecule is O=C1CCC(CNF)N1. The van der Waals surface area contributed by atoms with E-state index in [0.29, 0.717) is 6.42 Å². The molecule has 1 aliphatic rings. The van der Waals surface area contributed by atoms with Gasteiger partial charge in [0.25, 0.3) is 0 Å². The highest BCUT2D eigenvalue weighted by Gasteiger charge is 2.19. The molecule has 2 N–H and O–H groups in total. The highest BCUT2D eigenvalue weighted by Crippen LogP contribution is 2.04. The number of nitrogens with one attached hydrogen (secondary N) is 2. The predicted octanol–water partition coefficient (Wildman–Crippen LogP) is -0.261. The van der Waals surface area contributed by atoms with Crippen LogP contribution in [-0.2, 0) is 4.79 Å². The molecule has 1 saturated heterocycles. The highest BCUT2D eigenvalue weighted by atomic mass is 19.2. The Kier molecular flexibility index (Phi) is 2.00. The molecule has 1 rings (SSSR count). The second-order valence-electron chi connectivity index (χ2n) is 2.14. The normalized spacial score (nSPS) is 26.3. The van der Waals surface area contributed by atoms with Crippen LogP contribution in [0.25, 0.3) is 0 Å². The van der Waals surface area contributed by atoms with Crippen molar-refractivity contribution in [2.45, 2.75) is 18.9 Å². The minimum Gasteiger partial charge on any atom is -0.352 e. The lowest BCUT2D eigenvalue weighted by Crippen LogP contribution is -2.32. The molecule has 1 atom stereocenters. The molecule has 0 spiro atoms. The summed E-state index contributed by atoms with van der Waals surface area (Å²) in [6.45, 7) is 0.228. The second kappa shape index (κ2) is 2.77. The maximum absolute atomic E-state index is 11.4. The van der Waals surface area contributed by atoms with Crippen LogP contribution in [0.4, 0.5) is 4.48 Å².